The number of nitrogens with zero attached hydrogens (tertiary/aromatic N) is 2. The second-order valence-electron chi connectivity index (χ2n) is 3.85. The van der Waals surface area contributed by atoms with E-state index in [1.807, 2.05) is 6.07 Å². The maximum absolute atomic E-state index is 11.9. The fourth-order valence-electron chi connectivity index (χ4n) is 1.60. The summed E-state index contributed by atoms with van der Waals surface area (Å²) >= 11 is 0. The lowest BCUT2D eigenvalue weighted by atomic mass is 10.2. The van der Waals surface area contributed by atoms with Gasteiger partial charge in [0, 0.05) is 11.1 Å². The van der Waals surface area contributed by atoms with E-state index in [-0.39, 0.29) is 13.2 Å². The number of benzene rings is 1. The molecule has 0 saturated carbocycles. The van der Waals surface area contributed by atoms with Gasteiger partial charge in [-0.3, -0.25) is 4.68 Å². The number of rotatable bonds is 4. The van der Waals surface area contributed by atoms with E-state index in [1.165, 1.54) is 0 Å². The van der Waals surface area contributed by atoms with Crippen molar-refractivity contribution in [3.05, 3.63) is 24.4 Å². The molecular weight excluding hydrogens is 247 g/mol. The van der Waals surface area contributed by atoms with Crippen molar-refractivity contribution in [2.75, 3.05) is 18.9 Å². The molecule has 98 valence electrons. The molecule has 0 unspecified atom stereocenters. The standard InChI is InChI=1S/C11H12F3N3O/c12-11(13,14)7-18-4-3-17-10-5-9(15)2-1-8(10)6-16-17/h1-2,5-6H,3-4,7,15H2. The Labute approximate surface area is 101 Å². The number of anilines is 1. The van der Waals surface area contributed by atoms with Crippen molar-refractivity contribution in [2.24, 2.45) is 0 Å². The number of hydrogen-bond donors (Lipinski definition) is 1. The minimum atomic E-state index is -4.30. The van der Waals surface area contributed by atoms with Gasteiger partial charge < -0.3 is 10.5 Å². The summed E-state index contributed by atoms with van der Waals surface area (Å²) in [7, 11) is 0. The number of alkyl halides is 3. The van der Waals surface area contributed by atoms with E-state index >= 15 is 0 Å². The van der Waals surface area contributed by atoms with Crippen molar-refractivity contribution in [1.82, 2.24) is 9.78 Å². The Bertz CT molecular complexity index is 536. The SMILES string of the molecule is Nc1ccc2cnn(CCOCC(F)(F)F)c2c1. The first kappa shape index (κ1) is 12.7. The van der Waals surface area contributed by atoms with Gasteiger partial charge in [0.1, 0.15) is 6.61 Å². The summed E-state index contributed by atoms with van der Waals surface area (Å²) in [4.78, 5) is 0. The molecule has 7 heteroatoms. The molecule has 1 heterocycles. The van der Waals surface area contributed by atoms with Gasteiger partial charge in [-0.1, -0.05) is 0 Å². The molecule has 0 atom stereocenters. The van der Waals surface area contributed by atoms with Crippen molar-refractivity contribution >= 4 is 16.6 Å². The minimum Gasteiger partial charge on any atom is -0.399 e. The third-order valence-electron chi connectivity index (χ3n) is 2.38. The average molecular weight is 259 g/mol. The maximum Gasteiger partial charge on any atom is 0.411 e. The quantitative estimate of drug-likeness (QED) is 0.676. The number of nitrogen functional groups attached to an aromatic ring is 1. The Morgan fingerprint density at radius 1 is 1.33 bits per heavy atom. The molecule has 0 radical (unpaired) electrons. The van der Waals surface area contributed by atoms with Gasteiger partial charge in [-0.05, 0) is 18.2 Å². The summed E-state index contributed by atoms with van der Waals surface area (Å²) in [5.74, 6) is 0. The molecule has 1 aromatic heterocycles. The van der Waals surface area contributed by atoms with E-state index in [0.717, 1.165) is 10.9 Å². The van der Waals surface area contributed by atoms with Crippen LogP contribution in [-0.2, 0) is 11.3 Å². The Hall–Kier alpha value is -1.76. The molecule has 2 N–H and O–H groups in total. The molecule has 18 heavy (non-hydrogen) atoms. The van der Waals surface area contributed by atoms with Crippen LogP contribution >= 0.6 is 0 Å². The first-order valence-electron chi connectivity index (χ1n) is 5.31. The second-order valence-corrected chi connectivity index (χ2v) is 3.85. The Morgan fingerprint density at radius 2 is 2.11 bits per heavy atom. The van der Waals surface area contributed by atoms with E-state index in [2.05, 4.69) is 9.84 Å². The summed E-state index contributed by atoms with van der Waals surface area (Å²) in [6, 6.07) is 5.28. The molecule has 0 aliphatic heterocycles. The lowest BCUT2D eigenvalue weighted by Gasteiger charge is -2.08. The molecule has 0 bridgehead atoms. The molecule has 2 aromatic rings. The van der Waals surface area contributed by atoms with E-state index < -0.39 is 12.8 Å². The van der Waals surface area contributed by atoms with Crippen LogP contribution in [-0.4, -0.2) is 29.2 Å². The summed E-state index contributed by atoms with van der Waals surface area (Å²) in [6.07, 6.45) is -2.66. The van der Waals surface area contributed by atoms with Gasteiger partial charge in [0.25, 0.3) is 0 Å². The molecule has 0 amide bonds. The summed E-state index contributed by atoms with van der Waals surface area (Å²) in [5.41, 5.74) is 7.01. The van der Waals surface area contributed by atoms with Crippen LogP contribution in [0.25, 0.3) is 10.9 Å². The highest BCUT2D eigenvalue weighted by Crippen LogP contribution is 2.17. The van der Waals surface area contributed by atoms with E-state index in [4.69, 9.17) is 5.73 Å². The van der Waals surface area contributed by atoms with Crippen LogP contribution in [0.5, 0.6) is 0 Å². The summed E-state index contributed by atoms with van der Waals surface area (Å²) in [5, 5.41) is 4.96. The molecule has 4 nitrogen and oxygen atoms in total. The van der Waals surface area contributed by atoms with Gasteiger partial charge in [-0.15, -0.1) is 0 Å². The van der Waals surface area contributed by atoms with Crippen molar-refractivity contribution in [3.8, 4) is 0 Å². The topological polar surface area (TPSA) is 53.1 Å². The fraction of sp³-hybridized carbons (Fsp3) is 0.364. The molecule has 0 spiro atoms. The van der Waals surface area contributed by atoms with E-state index in [0.29, 0.717) is 5.69 Å². The molecule has 0 aliphatic carbocycles. The highest BCUT2D eigenvalue weighted by Gasteiger charge is 2.27. The monoisotopic (exact) mass is 259 g/mol. The first-order valence-corrected chi connectivity index (χ1v) is 5.31. The maximum atomic E-state index is 11.9. The van der Waals surface area contributed by atoms with E-state index in [1.54, 1.807) is 23.0 Å². The molecule has 0 saturated heterocycles. The summed E-state index contributed by atoms with van der Waals surface area (Å²) in [6.45, 7) is -1.04. The number of ether oxygens (including phenoxy) is 1. The highest BCUT2D eigenvalue weighted by molar-refractivity contribution is 5.81. The predicted molar refractivity (Wildman–Crippen MR) is 61.0 cm³/mol. The van der Waals surface area contributed by atoms with Crippen LogP contribution in [0.4, 0.5) is 18.9 Å². The molecule has 0 aliphatic rings. The van der Waals surface area contributed by atoms with Crippen molar-refractivity contribution in [3.63, 3.8) is 0 Å². The largest absolute Gasteiger partial charge is 0.411 e. The zero-order valence-electron chi connectivity index (χ0n) is 9.44. The summed E-state index contributed by atoms with van der Waals surface area (Å²) < 4.78 is 41.7. The molecule has 1 aromatic carbocycles. The van der Waals surface area contributed by atoms with Gasteiger partial charge in [0.15, 0.2) is 0 Å². The Morgan fingerprint density at radius 3 is 2.83 bits per heavy atom. The van der Waals surface area contributed by atoms with Gasteiger partial charge in [0.2, 0.25) is 0 Å². The smallest absolute Gasteiger partial charge is 0.399 e. The Kier molecular flexibility index (Phi) is 3.42. The lowest BCUT2D eigenvalue weighted by molar-refractivity contribution is -0.174. The Balaban J connectivity index is 1.98. The minimum absolute atomic E-state index is 0.0505. The van der Waals surface area contributed by atoms with Crippen LogP contribution in [0.3, 0.4) is 0 Å². The normalized spacial score (nSPS) is 12.2. The third-order valence-corrected chi connectivity index (χ3v) is 2.38. The number of aromatic nitrogens is 2. The average Bonchev–Trinajstić information content (AvgIpc) is 2.66. The van der Waals surface area contributed by atoms with Crippen molar-refractivity contribution in [2.45, 2.75) is 12.7 Å². The van der Waals surface area contributed by atoms with Crippen molar-refractivity contribution < 1.29 is 17.9 Å². The fourth-order valence-corrected chi connectivity index (χ4v) is 1.60. The van der Waals surface area contributed by atoms with Crippen LogP contribution in [0.1, 0.15) is 0 Å². The molecular formula is C11H12F3N3O. The second kappa shape index (κ2) is 4.85. The lowest BCUT2D eigenvalue weighted by Crippen LogP contribution is -2.19. The number of halogens is 3. The zero-order chi connectivity index (χ0) is 13.2. The van der Waals surface area contributed by atoms with Crippen LogP contribution in [0.15, 0.2) is 24.4 Å². The third kappa shape index (κ3) is 3.13. The van der Waals surface area contributed by atoms with E-state index in [9.17, 15) is 13.2 Å². The van der Waals surface area contributed by atoms with Crippen LogP contribution < -0.4 is 5.73 Å². The van der Waals surface area contributed by atoms with Gasteiger partial charge in [0.05, 0.1) is 24.9 Å². The number of fused-ring (bicyclic) bond motifs is 1. The highest BCUT2D eigenvalue weighted by atomic mass is 19.4. The van der Waals surface area contributed by atoms with Crippen molar-refractivity contribution in [1.29, 1.82) is 0 Å². The number of hydrogen-bond acceptors (Lipinski definition) is 3. The van der Waals surface area contributed by atoms with Gasteiger partial charge >= 0.3 is 6.18 Å². The van der Waals surface area contributed by atoms with Crippen LogP contribution in [0, 0.1) is 0 Å². The van der Waals surface area contributed by atoms with Crippen LogP contribution in [0.2, 0.25) is 0 Å². The van der Waals surface area contributed by atoms with Gasteiger partial charge in [-0.25, -0.2) is 0 Å². The predicted octanol–water partition coefficient (Wildman–Crippen LogP) is 2.20. The first-order chi connectivity index (χ1) is 8.46. The number of nitrogens with two attached hydrogens (primary N) is 1. The molecule has 0 fully saturated rings. The zero-order valence-corrected chi connectivity index (χ0v) is 9.44. The molecule has 2 rings (SSSR count). The van der Waals surface area contributed by atoms with Gasteiger partial charge in [-0.2, -0.15) is 18.3 Å².